The molecule has 0 radical (unpaired) electrons. The second-order valence-electron chi connectivity index (χ2n) is 5.18. The molecule has 0 bridgehead atoms. The molecule has 2 aromatic carbocycles. The van der Waals surface area contributed by atoms with Crippen LogP contribution < -0.4 is 10.2 Å². The van der Waals surface area contributed by atoms with Gasteiger partial charge in [-0.15, -0.1) is 0 Å². The minimum atomic E-state index is -0.0566. The molecule has 1 aliphatic heterocycles. The van der Waals surface area contributed by atoms with Gasteiger partial charge in [0.25, 0.3) is 0 Å². The summed E-state index contributed by atoms with van der Waals surface area (Å²) in [7, 11) is 1.77. The van der Waals surface area contributed by atoms with E-state index in [1.165, 1.54) is 0 Å². The monoisotopic (exact) mass is 280 g/mol. The maximum atomic E-state index is 12.0. The average molecular weight is 280 g/mol. The standard InChI is InChI=1S/C17H16N2O2/c1-19-15-8-7-14(10-13(15)11-17(19)21)18-16(20)9-12-5-3-2-4-6-12/h2-8,10H,9,11H2,1H3,(H,18,20). The maximum absolute atomic E-state index is 12.0. The summed E-state index contributed by atoms with van der Waals surface area (Å²) in [5, 5.41) is 2.88. The van der Waals surface area contributed by atoms with Crippen LogP contribution in [0.3, 0.4) is 0 Å². The lowest BCUT2D eigenvalue weighted by molar-refractivity contribution is -0.117. The highest BCUT2D eigenvalue weighted by atomic mass is 16.2. The molecule has 0 atom stereocenters. The van der Waals surface area contributed by atoms with Crippen molar-refractivity contribution in [1.82, 2.24) is 0 Å². The Morgan fingerprint density at radius 1 is 1.19 bits per heavy atom. The number of anilines is 2. The Hall–Kier alpha value is -2.62. The van der Waals surface area contributed by atoms with Crippen molar-refractivity contribution < 1.29 is 9.59 Å². The molecule has 0 fully saturated rings. The quantitative estimate of drug-likeness (QED) is 0.938. The largest absolute Gasteiger partial charge is 0.326 e. The van der Waals surface area contributed by atoms with Crippen molar-refractivity contribution in [3.8, 4) is 0 Å². The minimum Gasteiger partial charge on any atom is -0.326 e. The second kappa shape index (κ2) is 5.40. The number of amides is 2. The predicted octanol–water partition coefficient (Wildman–Crippen LogP) is 2.39. The molecule has 1 aliphatic rings. The molecule has 2 amide bonds. The fraction of sp³-hybridized carbons (Fsp3) is 0.176. The van der Waals surface area contributed by atoms with Gasteiger partial charge in [-0.05, 0) is 29.3 Å². The normalized spacial score (nSPS) is 13.2. The Balaban J connectivity index is 1.70. The first-order valence-electron chi connectivity index (χ1n) is 6.87. The van der Waals surface area contributed by atoms with Gasteiger partial charge in [-0.2, -0.15) is 0 Å². The van der Waals surface area contributed by atoms with Crippen molar-refractivity contribution in [3.05, 3.63) is 59.7 Å². The van der Waals surface area contributed by atoms with Crippen LogP contribution in [-0.4, -0.2) is 18.9 Å². The van der Waals surface area contributed by atoms with E-state index in [4.69, 9.17) is 0 Å². The smallest absolute Gasteiger partial charge is 0.231 e. The Labute approximate surface area is 123 Å². The minimum absolute atomic E-state index is 0.0566. The molecule has 4 heteroatoms. The molecular weight excluding hydrogens is 264 g/mol. The van der Waals surface area contributed by atoms with Crippen LogP contribution in [-0.2, 0) is 22.4 Å². The number of nitrogens with zero attached hydrogens (tertiary/aromatic N) is 1. The Kier molecular flexibility index (Phi) is 3.44. The molecule has 3 rings (SSSR count). The van der Waals surface area contributed by atoms with Gasteiger partial charge >= 0.3 is 0 Å². The first-order valence-corrected chi connectivity index (χ1v) is 6.87. The molecule has 0 spiro atoms. The molecule has 0 saturated heterocycles. The summed E-state index contributed by atoms with van der Waals surface area (Å²) in [6.45, 7) is 0. The zero-order valence-corrected chi connectivity index (χ0v) is 11.8. The third-order valence-electron chi connectivity index (χ3n) is 3.65. The highest BCUT2D eigenvalue weighted by molar-refractivity contribution is 6.02. The van der Waals surface area contributed by atoms with Crippen LogP contribution in [0.4, 0.5) is 11.4 Å². The van der Waals surface area contributed by atoms with Gasteiger partial charge < -0.3 is 10.2 Å². The summed E-state index contributed by atoms with van der Waals surface area (Å²) in [4.78, 5) is 25.3. The predicted molar refractivity (Wildman–Crippen MR) is 82.3 cm³/mol. The molecule has 2 aromatic rings. The van der Waals surface area contributed by atoms with E-state index in [9.17, 15) is 9.59 Å². The van der Waals surface area contributed by atoms with Gasteiger partial charge in [0.1, 0.15) is 0 Å². The first-order chi connectivity index (χ1) is 10.1. The zero-order valence-electron chi connectivity index (χ0n) is 11.8. The number of likely N-dealkylation sites (N-methyl/N-ethyl adjacent to an activating group) is 1. The Morgan fingerprint density at radius 3 is 2.71 bits per heavy atom. The molecule has 106 valence electrons. The number of hydrogen-bond acceptors (Lipinski definition) is 2. The molecule has 4 nitrogen and oxygen atoms in total. The zero-order chi connectivity index (χ0) is 14.8. The van der Waals surface area contributed by atoms with E-state index in [-0.39, 0.29) is 11.8 Å². The second-order valence-corrected chi connectivity index (χ2v) is 5.18. The Morgan fingerprint density at radius 2 is 1.95 bits per heavy atom. The number of fused-ring (bicyclic) bond motifs is 1. The van der Waals surface area contributed by atoms with Gasteiger partial charge in [0, 0.05) is 18.4 Å². The van der Waals surface area contributed by atoms with Crippen LogP contribution in [0, 0.1) is 0 Å². The van der Waals surface area contributed by atoms with Crippen molar-refractivity contribution in [3.63, 3.8) is 0 Å². The van der Waals surface area contributed by atoms with E-state index in [1.807, 2.05) is 48.5 Å². The van der Waals surface area contributed by atoms with Crippen molar-refractivity contribution in [2.24, 2.45) is 0 Å². The summed E-state index contributed by atoms with van der Waals surface area (Å²) >= 11 is 0. The third-order valence-corrected chi connectivity index (χ3v) is 3.65. The fourth-order valence-electron chi connectivity index (χ4n) is 2.53. The van der Waals surface area contributed by atoms with Crippen LogP contribution in [0.2, 0.25) is 0 Å². The van der Waals surface area contributed by atoms with E-state index in [0.29, 0.717) is 12.8 Å². The van der Waals surface area contributed by atoms with Gasteiger partial charge in [0.15, 0.2) is 0 Å². The van der Waals surface area contributed by atoms with Crippen LogP contribution in [0.15, 0.2) is 48.5 Å². The van der Waals surface area contributed by atoms with E-state index < -0.39 is 0 Å². The summed E-state index contributed by atoms with van der Waals surface area (Å²) in [6, 6.07) is 15.2. The Bertz CT molecular complexity index is 695. The van der Waals surface area contributed by atoms with Gasteiger partial charge in [-0.25, -0.2) is 0 Å². The van der Waals surface area contributed by atoms with E-state index in [1.54, 1.807) is 11.9 Å². The summed E-state index contributed by atoms with van der Waals surface area (Å²) < 4.78 is 0. The fourth-order valence-corrected chi connectivity index (χ4v) is 2.53. The van der Waals surface area contributed by atoms with Crippen LogP contribution in [0.5, 0.6) is 0 Å². The van der Waals surface area contributed by atoms with Crippen LogP contribution in [0.25, 0.3) is 0 Å². The molecular formula is C17H16N2O2. The molecule has 0 aliphatic carbocycles. The van der Waals surface area contributed by atoms with Crippen molar-refractivity contribution >= 4 is 23.2 Å². The number of rotatable bonds is 3. The first kappa shape index (κ1) is 13.4. The summed E-state index contributed by atoms with van der Waals surface area (Å²) in [6.07, 6.45) is 0.741. The topological polar surface area (TPSA) is 49.4 Å². The number of hydrogen-bond donors (Lipinski definition) is 1. The van der Waals surface area contributed by atoms with E-state index >= 15 is 0 Å². The number of benzene rings is 2. The summed E-state index contributed by atoms with van der Waals surface area (Å²) in [5.74, 6) is 0.0246. The van der Waals surface area contributed by atoms with E-state index in [2.05, 4.69) is 5.32 Å². The van der Waals surface area contributed by atoms with Crippen LogP contribution >= 0.6 is 0 Å². The lowest BCUT2D eigenvalue weighted by Crippen LogP contribution is -2.20. The lowest BCUT2D eigenvalue weighted by atomic mass is 10.1. The number of nitrogens with one attached hydrogen (secondary N) is 1. The van der Waals surface area contributed by atoms with Gasteiger partial charge in [-0.3, -0.25) is 9.59 Å². The van der Waals surface area contributed by atoms with Crippen molar-refractivity contribution in [2.45, 2.75) is 12.8 Å². The molecule has 0 unspecified atom stereocenters. The molecule has 0 aromatic heterocycles. The molecule has 1 heterocycles. The van der Waals surface area contributed by atoms with Gasteiger partial charge in [0.05, 0.1) is 12.8 Å². The van der Waals surface area contributed by atoms with Gasteiger partial charge in [0.2, 0.25) is 11.8 Å². The number of carbonyl (C=O) groups is 2. The molecule has 1 N–H and O–H groups in total. The van der Waals surface area contributed by atoms with Crippen LogP contribution in [0.1, 0.15) is 11.1 Å². The number of carbonyl (C=O) groups excluding carboxylic acids is 2. The summed E-state index contributed by atoms with van der Waals surface area (Å²) in [5.41, 5.74) is 3.59. The average Bonchev–Trinajstić information content (AvgIpc) is 2.74. The highest BCUT2D eigenvalue weighted by Gasteiger charge is 2.23. The van der Waals surface area contributed by atoms with Crippen molar-refractivity contribution in [2.75, 3.05) is 17.3 Å². The maximum Gasteiger partial charge on any atom is 0.231 e. The SMILES string of the molecule is CN1C(=O)Cc2cc(NC(=O)Cc3ccccc3)ccc21. The van der Waals surface area contributed by atoms with E-state index in [0.717, 1.165) is 22.5 Å². The highest BCUT2D eigenvalue weighted by Crippen LogP contribution is 2.29. The molecule has 0 saturated carbocycles. The van der Waals surface area contributed by atoms with Gasteiger partial charge in [-0.1, -0.05) is 30.3 Å². The third kappa shape index (κ3) is 2.79. The molecule has 21 heavy (non-hydrogen) atoms. The lowest BCUT2D eigenvalue weighted by Gasteiger charge is -2.11. The van der Waals surface area contributed by atoms with Crippen molar-refractivity contribution in [1.29, 1.82) is 0 Å².